The van der Waals surface area contributed by atoms with Crippen LogP contribution in [0.3, 0.4) is 0 Å². The zero-order valence-corrected chi connectivity index (χ0v) is 15.6. The van der Waals surface area contributed by atoms with E-state index >= 15 is 0 Å². The highest BCUT2D eigenvalue weighted by Crippen LogP contribution is 2.35. The molecule has 2 amide bonds. The number of aromatic nitrogens is 1. The fourth-order valence-corrected chi connectivity index (χ4v) is 3.13. The van der Waals surface area contributed by atoms with Gasteiger partial charge in [0, 0.05) is 18.7 Å². The molecule has 26 heavy (non-hydrogen) atoms. The van der Waals surface area contributed by atoms with Gasteiger partial charge in [0.1, 0.15) is 11.5 Å². The first-order valence-corrected chi connectivity index (χ1v) is 8.79. The topological polar surface area (TPSA) is 76.8 Å². The van der Waals surface area contributed by atoms with Crippen LogP contribution in [-0.4, -0.2) is 36.9 Å². The Bertz CT molecular complexity index is 772. The second-order valence-electron chi connectivity index (χ2n) is 6.66. The van der Waals surface area contributed by atoms with E-state index in [-0.39, 0.29) is 12.1 Å². The number of carbonyl (C=O) groups is 1. The van der Waals surface area contributed by atoms with E-state index in [4.69, 9.17) is 14.0 Å². The molecular weight excluding hydrogens is 334 g/mol. The number of urea groups is 1. The first-order valence-electron chi connectivity index (χ1n) is 8.79. The van der Waals surface area contributed by atoms with Gasteiger partial charge in [0.2, 0.25) is 0 Å². The van der Waals surface area contributed by atoms with E-state index in [0.717, 1.165) is 24.3 Å². The fourth-order valence-electron chi connectivity index (χ4n) is 3.13. The van der Waals surface area contributed by atoms with E-state index < -0.39 is 0 Å². The summed E-state index contributed by atoms with van der Waals surface area (Å²) in [5, 5.41) is 7.05. The maximum Gasteiger partial charge on any atom is 0.322 e. The summed E-state index contributed by atoms with van der Waals surface area (Å²) in [6.07, 6.45) is 1.79. The molecule has 1 N–H and O–H groups in total. The van der Waals surface area contributed by atoms with Crippen molar-refractivity contribution in [1.29, 1.82) is 0 Å². The lowest BCUT2D eigenvalue weighted by atomic mass is 10.1. The lowest BCUT2D eigenvalue weighted by Crippen LogP contribution is -2.34. The molecule has 1 aliphatic heterocycles. The van der Waals surface area contributed by atoms with E-state index in [2.05, 4.69) is 24.3 Å². The number of methoxy groups -OCH3 is 2. The van der Waals surface area contributed by atoms with Crippen molar-refractivity contribution in [2.45, 2.75) is 38.6 Å². The number of carbonyl (C=O) groups excluding carboxylic acids is 1. The highest BCUT2D eigenvalue weighted by Gasteiger charge is 2.33. The molecule has 2 heterocycles. The Morgan fingerprint density at radius 1 is 1.31 bits per heavy atom. The van der Waals surface area contributed by atoms with Crippen LogP contribution in [-0.2, 0) is 0 Å². The zero-order chi connectivity index (χ0) is 18.7. The third kappa shape index (κ3) is 3.61. The molecule has 0 spiro atoms. The second-order valence-corrected chi connectivity index (χ2v) is 6.66. The molecule has 0 aliphatic carbocycles. The number of hydrogen-bond donors (Lipinski definition) is 1. The Morgan fingerprint density at radius 2 is 2.12 bits per heavy atom. The number of ether oxygens (including phenoxy) is 2. The van der Waals surface area contributed by atoms with Crippen LogP contribution in [0.1, 0.15) is 50.1 Å². The minimum absolute atomic E-state index is 0.0979. The summed E-state index contributed by atoms with van der Waals surface area (Å²) < 4.78 is 16.0. The van der Waals surface area contributed by atoms with Crippen molar-refractivity contribution in [1.82, 2.24) is 10.1 Å². The quantitative estimate of drug-likeness (QED) is 0.866. The maximum atomic E-state index is 12.8. The number of rotatable bonds is 5. The van der Waals surface area contributed by atoms with Gasteiger partial charge in [-0.1, -0.05) is 19.0 Å². The van der Waals surface area contributed by atoms with Gasteiger partial charge in [0.15, 0.2) is 5.76 Å². The molecule has 0 unspecified atom stereocenters. The van der Waals surface area contributed by atoms with Crippen LogP contribution >= 0.6 is 0 Å². The SMILES string of the molecule is COc1ccc(NC(=O)N2CCC[C@H]2c2cc(C(C)C)no2)c(OC)c1. The monoisotopic (exact) mass is 359 g/mol. The molecule has 7 heteroatoms. The van der Waals surface area contributed by atoms with Crippen LogP contribution in [0.15, 0.2) is 28.8 Å². The van der Waals surface area contributed by atoms with Gasteiger partial charge in [-0.2, -0.15) is 0 Å². The molecule has 0 saturated carbocycles. The first kappa shape index (κ1) is 18.1. The summed E-state index contributed by atoms with van der Waals surface area (Å²) in [5.41, 5.74) is 1.51. The highest BCUT2D eigenvalue weighted by atomic mass is 16.5. The molecule has 1 fully saturated rings. The van der Waals surface area contributed by atoms with Crippen molar-refractivity contribution in [3.63, 3.8) is 0 Å². The van der Waals surface area contributed by atoms with Crippen LogP contribution in [0.4, 0.5) is 10.5 Å². The predicted molar refractivity (Wildman–Crippen MR) is 97.8 cm³/mol. The first-order chi connectivity index (χ1) is 12.5. The maximum absolute atomic E-state index is 12.8. The second kappa shape index (κ2) is 7.68. The van der Waals surface area contributed by atoms with Gasteiger partial charge in [-0.3, -0.25) is 0 Å². The van der Waals surface area contributed by atoms with Gasteiger partial charge < -0.3 is 24.2 Å². The van der Waals surface area contributed by atoms with Crippen LogP contribution < -0.4 is 14.8 Å². The van der Waals surface area contributed by atoms with Gasteiger partial charge in [0.25, 0.3) is 0 Å². The zero-order valence-electron chi connectivity index (χ0n) is 15.6. The number of nitrogens with one attached hydrogen (secondary N) is 1. The standard InChI is InChI=1S/C19H25N3O4/c1-12(2)15-11-18(26-21-15)16-6-5-9-22(16)19(23)20-14-8-7-13(24-3)10-17(14)25-4/h7-8,10-12,16H,5-6,9H2,1-4H3,(H,20,23)/t16-/m0/s1. The summed E-state index contributed by atoms with van der Waals surface area (Å²) in [6, 6.07) is 6.96. The van der Waals surface area contributed by atoms with E-state index in [0.29, 0.717) is 29.6 Å². The van der Waals surface area contributed by atoms with E-state index in [9.17, 15) is 4.79 Å². The molecule has 7 nitrogen and oxygen atoms in total. The van der Waals surface area contributed by atoms with Crippen molar-refractivity contribution in [2.24, 2.45) is 0 Å². The lowest BCUT2D eigenvalue weighted by molar-refractivity contribution is 0.195. The van der Waals surface area contributed by atoms with E-state index in [1.54, 1.807) is 37.3 Å². The van der Waals surface area contributed by atoms with Crippen molar-refractivity contribution in [3.8, 4) is 11.5 Å². The van der Waals surface area contributed by atoms with Crippen LogP contribution in [0, 0.1) is 0 Å². The molecule has 1 aromatic heterocycles. The normalized spacial score (nSPS) is 16.8. The molecule has 3 rings (SSSR count). The number of nitrogens with zero attached hydrogens (tertiary/aromatic N) is 2. The number of anilines is 1. The Labute approximate surface area is 153 Å². The summed E-state index contributed by atoms with van der Waals surface area (Å²) in [5.74, 6) is 2.25. The van der Waals surface area contributed by atoms with Crippen molar-refractivity contribution < 1.29 is 18.8 Å². The van der Waals surface area contributed by atoms with Gasteiger partial charge in [-0.15, -0.1) is 0 Å². The van der Waals surface area contributed by atoms with Gasteiger partial charge in [-0.25, -0.2) is 4.79 Å². The fraction of sp³-hybridized carbons (Fsp3) is 0.474. The Balaban J connectivity index is 1.76. The van der Waals surface area contributed by atoms with Gasteiger partial charge in [-0.05, 0) is 30.9 Å². The Hall–Kier alpha value is -2.70. The van der Waals surface area contributed by atoms with Crippen LogP contribution in [0.25, 0.3) is 0 Å². The highest BCUT2D eigenvalue weighted by molar-refractivity contribution is 5.91. The minimum Gasteiger partial charge on any atom is -0.497 e. The summed E-state index contributed by atoms with van der Waals surface area (Å²) in [6.45, 7) is 4.81. The molecule has 1 aliphatic rings. The smallest absolute Gasteiger partial charge is 0.322 e. The summed E-state index contributed by atoms with van der Waals surface area (Å²) in [7, 11) is 3.15. The predicted octanol–water partition coefficient (Wildman–Crippen LogP) is 4.18. The third-order valence-corrected chi connectivity index (χ3v) is 4.63. The largest absolute Gasteiger partial charge is 0.497 e. The van der Waals surface area contributed by atoms with Crippen LogP contribution in [0.5, 0.6) is 11.5 Å². The van der Waals surface area contributed by atoms with E-state index in [1.165, 1.54) is 0 Å². The van der Waals surface area contributed by atoms with Crippen molar-refractivity contribution >= 4 is 11.7 Å². The molecule has 1 saturated heterocycles. The van der Waals surface area contributed by atoms with Gasteiger partial charge in [0.05, 0.1) is 31.6 Å². The number of benzene rings is 1. The Morgan fingerprint density at radius 3 is 2.77 bits per heavy atom. The van der Waals surface area contributed by atoms with Crippen molar-refractivity contribution in [2.75, 3.05) is 26.1 Å². The molecule has 0 radical (unpaired) electrons. The molecule has 0 bridgehead atoms. The molecule has 1 aromatic carbocycles. The van der Waals surface area contributed by atoms with Gasteiger partial charge >= 0.3 is 6.03 Å². The molecular formula is C19H25N3O4. The molecule has 1 atom stereocenters. The van der Waals surface area contributed by atoms with Crippen LogP contribution in [0.2, 0.25) is 0 Å². The third-order valence-electron chi connectivity index (χ3n) is 4.63. The average Bonchev–Trinajstić information content (AvgIpc) is 3.30. The van der Waals surface area contributed by atoms with Crippen molar-refractivity contribution in [3.05, 3.63) is 35.7 Å². The Kier molecular flexibility index (Phi) is 5.35. The number of hydrogen-bond acceptors (Lipinski definition) is 5. The molecule has 2 aromatic rings. The number of likely N-dealkylation sites (tertiary alicyclic amines) is 1. The average molecular weight is 359 g/mol. The summed E-state index contributed by atoms with van der Waals surface area (Å²) >= 11 is 0. The lowest BCUT2D eigenvalue weighted by Gasteiger charge is -2.23. The molecule has 140 valence electrons. The minimum atomic E-state index is -0.182. The summed E-state index contributed by atoms with van der Waals surface area (Å²) in [4.78, 5) is 14.6. The van der Waals surface area contributed by atoms with E-state index in [1.807, 2.05) is 6.07 Å². The number of amides is 2.